The van der Waals surface area contributed by atoms with Crippen LogP contribution < -0.4 is 4.74 Å². The van der Waals surface area contributed by atoms with E-state index in [4.69, 9.17) is 4.74 Å². The Morgan fingerprint density at radius 3 is 2.39 bits per heavy atom. The first-order valence-corrected chi connectivity index (χ1v) is 15.1. The number of hydrogen-bond acceptors (Lipinski definition) is 4. The fourth-order valence-electron chi connectivity index (χ4n) is 5.22. The zero-order valence-electron chi connectivity index (χ0n) is 23.6. The molecule has 4 nitrogen and oxygen atoms in total. The number of allylic oxidation sites excluding steroid dienone is 4. The van der Waals surface area contributed by atoms with Gasteiger partial charge in [-0.25, -0.2) is 0 Å². The smallest absolute Gasteiger partial charge is 0.311 e. The Kier molecular flexibility index (Phi) is 14.2. The van der Waals surface area contributed by atoms with Crippen molar-refractivity contribution >= 4 is 16.7 Å². The summed E-state index contributed by atoms with van der Waals surface area (Å²) in [5.74, 6) is 0.535. The molecule has 0 saturated carbocycles. The maximum Gasteiger partial charge on any atom is 0.311 e. The molecule has 2 aromatic carbocycles. The molecule has 0 unspecified atom stereocenters. The number of hydrogen-bond donors (Lipinski definition) is 1. The number of aliphatic hydroxyl groups is 1. The molecule has 4 heteroatoms. The minimum Gasteiger partial charge on any atom is -0.426 e. The van der Waals surface area contributed by atoms with Crippen LogP contribution in [-0.4, -0.2) is 41.7 Å². The van der Waals surface area contributed by atoms with Gasteiger partial charge < -0.3 is 14.7 Å². The maximum atomic E-state index is 12.6. The fraction of sp³-hybridized carbons (Fsp3) is 0.559. The van der Waals surface area contributed by atoms with Gasteiger partial charge in [-0.1, -0.05) is 93.7 Å². The number of carbonyl (C=O) groups is 1. The molecular weight excluding hydrogens is 470 g/mol. The summed E-state index contributed by atoms with van der Waals surface area (Å²) in [5, 5.41) is 12.0. The monoisotopic (exact) mass is 519 g/mol. The van der Waals surface area contributed by atoms with Gasteiger partial charge in [0.1, 0.15) is 5.75 Å². The average Bonchev–Trinajstić information content (AvgIpc) is 3.34. The standard InChI is InChI=1S/C34H49NO3/c1-2-3-4-5-6-7-8-9-10-11-12-13-14-15-16-23-33(37)38-32-22-18-21-29-19-17-20-30(34(29)32)24-26-35-27-25-31(36)28-35/h6-7,9-10,17-22,31,36H,2-5,8,11-16,23-28H2,1H3/b7-6-,10-9-/t31-/m1/s1. The highest BCUT2D eigenvalue weighted by atomic mass is 16.5. The van der Waals surface area contributed by atoms with Crippen LogP contribution in [-0.2, 0) is 11.2 Å². The topological polar surface area (TPSA) is 49.8 Å². The third-order valence-electron chi connectivity index (χ3n) is 7.45. The highest BCUT2D eigenvalue weighted by Crippen LogP contribution is 2.30. The van der Waals surface area contributed by atoms with Crippen molar-refractivity contribution in [1.29, 1.82) is 0 Å². The number of esters is 1. The van der Waals surface area contributed by atoms with Gasteiger partial charge in [-0.2, -0.15) is 0 Å². The number of ether oxygens (including phenoxy) is 1. The highest BCUT2D eigenvalue weighted by Gasteiger charge is 2.20. The number of nitrogens with zero attached hydrogens (tertiary/aromatic N) is 1. The average molecular weight is 520 g/mol. The van der Waals surface area contributed by atoms with Gasteiger partial charge in [-0.15, -0.1) is 0 Å². The van der Waals surface area contributed by atoms with Crippen LogP contribution in [0.3, 0.4) is 0 Å². The van der Waals surface area contributed by atoms with Crippen LogP contribution in [0.25, 0.3) is 10.8 Å². The lowest BCUT2D eigenvalue weighted by atomic mass is 10.0. The second kappa shape index (κ2) is 18.0. The fourth-order valence-corrected chi connectivity index (χ4v) is 5.22. The van der Waals surface area contributed by atoms with Crippen molar-refractivity contribution in [1.82, 2.24) is 4.90 Å². The van der Waals surface area contributed by atoms with E-state index in [9.17, 15) is 9.90 Å². The van der Waals surface area contributed by atoms with E-state index in [0.29, 0.717) is 12.2 Å². The van der Waals surface area contributed by atoms with Gasteiger partial charge in [0.25, 0.3) is 0 Å². The van der Waals surface area contributed by atoms with Crippen molar-refractivity contribution in [2.75, 3.05) is 19.6 Å². The van der Waals surface area contributed by atoms with Crippen LogP contribution in [0.4, 0.5) is 0 Å². The number of likely N-dealkylation sites (tertiary alicyclic amines) is 1. The largest absolute Gasteiger partial charge is 0.426 e. The Morgan fingerprint density at radius 1 is 0.947 bits per heavy atom. The summed E-state index contributed by atoms with van der Waals surface area (Å²) in [6.07, 6.45) is 24.1. The molecular formula is C34H49NO3. The van der Waals surface area contributed by atoms with Crippen LogP contribution in [0.2, 0.25) is 0 Å². The Hall–Kier alpha value is -2.43. The van der Waals surface area contributed by atoms with Gasteiger partial charge in [0.05, 0.1) is 6.10 Å². The maximum absolute atomic E-state index is 12.6. The van der Waals surface area contributed by atoms with Gasteiger partial charge in [0.2, 0.25) is 0 Å². The minimum absolute atomic E-state index is 0.138. The van der Waals surface area contributed by atoms with Crippen molar-refractivity contribution in [3.05, 3.63) is 66.3 Å². The molecule has 0 spiro atoms. The first kappa shape index (κ1) is 30.1. The second-order valence-corrected chi connectivity index (χ2v) is 10.7. The number of unbranched alkanes of at least 4 members (excludes halogenated alkanes) is 8. The van der Waals surface area contributed by atoms with Crippen LogP contribution >= 0.6 is 0 Å². The molecule has 1 heterocycles. The van der Waals surface area contributed by atoms with E-state index in [0.717, 1.165) is 68.9 Å². The van der Waals surface area contributed by atoms with Crippen molar-refractivity contribution in [3.8, 4) is 5.75 Å². The molecule has 1 saturated heterocycles. The molecule has 1 aliphatic rings. The number of β-amino-alcohol motifs (C(OH)–C–C–N with tert-alkyl or cyclic N) is 1. The molecule has 38 heavy (non-hydrogen) atoms. The molecule has 0 aromatic heterocycles. The predicted octanol–water partition coefficient (Wildman–Crippen LogP) is 8.17. The molecule has 0 radical (unpaired) electrons. The summed E-state index contributed by atoms with van der Waals surface area (Å²) >= 11 is 0. The highest BCUT2D eigenvalue weighted by molar-refractivity contribution is 5.93. The van der Waals surface area contributed by atoms with Gasteiger partial charge in [-0.05, 0) is 68.4 Å². The molecule has 0 aliphatic carbocycles. The van der Waals surface area contributed by atoms with E-state index in [1.54, 1.807) is 0 Å². The summed E-state index contributed by atoms with van der Waals surface area (Å²) < 4.78 is 5.87. The van der Waals surface area contributed by atoms with Crippen LogP contribution in [0, 0.1) is 0 Å². The Labute approximate surface area is 230 Å². The van der Waals surface area contributed by atoms with Crippen LogP contribution in [0.5, 0.6) is 5.75 Å². The zero-order valence-corrected chi connectivity index (χ0v) is 23.6. The summed E-state index contributed by atoms with van der Waals surface area (Å²) in [4.78, 5) is 14.9. The number of carbonyl (C=O) groups excluding carboxylic acids is 1. The van der Waals surface area contributed by atoms with Crippen LogP contribution in [0.15, 0.2) is 60.7 Å². The lowest BCUT2D eigenvalue weighted by Crippen LogP contribution is -2.24. The van der Waals surface area contributed by atoms with Crippen LogP contribution in [0.1, 0.15) is 96.0 Å². The van der Waals surface area contributed by atoms with E-state index < -0.39 is 0 Å². The van der Waals surface area contributed by atoms with Gasteiger partial charge in [0, 0.05) is 31.4 Å². The number of aliphatic hydroxyl groups excluding tert-OH is 1. The van der Waals surface area contributed by atoms with Gasteiger partial charge in [-0.3, -0.25) is 4.79 Å². The molecule has 1 N–H and O–H groups in total. The number of fused-ring (bicyclic) bond motifs is 1. The second-order valence-electron chi connectivity index (χ2n) is 10.7. The third-order valence-corrected chi connectivity index (χ3v) is 7.45. The summed E-state index contributed by atoms with van der Waals surface area (Å²) in [7, 11) is 0. The first-order chi connectivity index (χ1) is 18.7. The van der Waals surface area contributed by atoms with E-state index >= 15 is 0 Å². The lowest BCUT2D eigenvalue weighted by molar-refractivity contribution is -0.134. The van der Waals surface area contributed by atoms with Crippen molar-refractivity contribution in [2.45, 2.75) is 103 Å². The van der Waals surface area contributed by atoms with E-state index in [2.05, 4.69) is 60.4 Å². The van der Waals surface area contributed by atoms with E-state index in [-0.39, 0.29) is 12.1 Å². The van der Waals surface area contributed by atoms with E-state index in [1.165, 1.54) is 50.5 Å². The third kappa shape index (κ3) is 11.1. The first-order valence-electron chi connectivity index (χ1n) is 15.1. The molecule has 1 fully saturated rings. The molecule has 1 atom stereocenters. The molecule has 0 bridgehead atoms. The van der Waals surface area contributed by atoms with E-state index in [1.807, 2.05) is 12.1 Å². The zero-order chi connectivity index (χ0) is 26.8. The summed E-state index contributed by atoms with van der Waals surface area (Å²) in [6, 6.07) is 12.2. The summed E-state index contributed by atoms with van der Waals surface area (Å²) in [6.45, 7) is 4.85. The van der Waals surface area contributed by atoms with Gasteiger partial charge in [0.15, 0.2) is 0 Å². The SMILES string of the molecule is CCCCC/C=C\C/C=C\CCCCCCCC(=O)Oc1cccc2cccc(CCN3CC[C@@H](O)C3)c12. The van der Waals surface area contributed by atoms with Crippen molar-refractivity contribution in [3.63, 3.8) is 0 Å². The summed E-state index contributed by atoms with van der Waals surface area (Å²) in [5.41, 5.74) is 1.20. The number of benzene rings is 2. The quantitative estimate of drug-likeness (QED) is 0.0934. The Morgan fingerprint density at radius 2 is 1.66 bits per heavy atom. The minimum atomic E-state index is -0.201. The Balaban J connectivity index is 1.32. The Bertz CT molecular complexity index is 1010. The molecule has 208 valence electrons. The number of rotatable bonds is 18. The molecule has 2 aromatic rings. The van der Waals surface area contributed by atoms with Crippen molar-refractivity contribution < 1.29 is 14.6 Å². The molecule has 0 amide bonds. The van der Waals surface area contributed by atoms with Crippen molar-refractivity contribution in [2.24, 2.45) is 0 Å². The predicted molar refractivity (Wildman–Crippen MR) is 160 cm³/mol. The lowest BCUT2D eigenvalue weighted by Gasteiger charge is -2.17. The normalized spacial score (nSPS) is 16.3. The molecule has 1 aliphatic heterocycles. The molecule has 3 rings (SSSR count). The van der Waals surface area contributed by atoms with Gasteiger partial charge >= 0.3 is 5.97 Å².